The highest BCUT2D eigenvalue weighted by Gasteiger charge is 2.66. The second-order valence-electron chi connectivity index (χ2n) is 6.45. The first kappa shape index (κ1) is 13.5. The fourth-order valence-electron chi connectivity index (χ4n) is 3.79. The van der Waals surface area contributed by atoms with Gasteiger partial charge in [-0.05, 0) is 31.1 Å². The number of ether oxygens (including phenoxy) is 1. The van der Waals surface area contributed by atoms with Gasteiger partial charge in [0.15, 0.2) is 5.78 Å². The summed E-state index contributed by atoms with van der Waals surface area (Å²) in [5, 5.41) is 3.17. The average molecular weight is 253 g/mol. The van der Waals surface area contributed by atoms with Gasteiger partial charge >= 0.3 is 5.97 Å². The van der Waals surface area contributed by atoms with Crippen LogP contribution in [0.4, 0.5) is 0 Å². The molecule has 0 saturated heterocycles. The number of fused-ring (bicyclic) bond motifs is 2. The largest absolute Gasteiger partial charge is 0.468 e. The Kier molecular flexibility index (Phi) is 3.05. The molecule has 4 unspecified atom stereocenters. The summed E-state index contributed by atoms with van der Waals surface area (Å²) in [6.45, 7) is 8.17. The van der Waals surface area contributed by atoms with E-state index < -0.39 is 6.04 Å². The van der Waals surface area contributed by atoms with E-state index in [1.165, 1.54) is 7.11 Å². The van der Waals surface area contributed by atoms with Crippen LogP contribution in [0, 0.1) is 16.7 Å². The number of esters is 1. The van der Waals surface area contributed by atoms with Crippen molar-refractivity contribution in [1.82, 2.24) is 5.32 Å². The Morgan fingerprint density at radius 3 is 2.50 bits per heavy atom. The highest BCUT2D eigenvalue weighted by molar-refractivity contribution is 5.94. The summed E-state index contributed by atoms with van der Waals surface area (Å²) in [4.78, 5) is 24.0. The Labute approximate surface area is 108 Å². The Hall–Kier alpha value is -0.900. The Bertz CT molecular complexity index is 391. The maximum Gasteiger partial charge on any atom is 0.322 e. The van der Waals surface area contributed by atoms with E-state index in [0.29, 0.717) is 5.92 Å². The second kappa shape index (κ2) is 4.05. The van der Waals surface area contributed by atoms with E-state index in [1.54, 1.807) is 6.92 Å². The summed E-state index contributed by atoms with van der Waals surface area (Å²) >= 11 is 0. The smallest absolute Gasteiger partial charge is 0.322 e. The van der Waals surface area contributed by atoms with Crippen LogP contribution in [0.1, 0.15) is 40.5 Å². The van der Waals surface area contributed by atoms with Crippen LogP contribution in [0.15, 0.2) is 0 Å². The third kappa shape index (κ3) is 1.54. The molecule has 0 aromatic carbocycles. The number of methoxy groups -OCH3 is 1. The van der Waals surface area contributed by atoms with Crippen molar-refractivity contribution in [1.29, 1.82) is 0 Å². The van der Waals surface area contributed by atoms with Gasteiger partial charge in [-0.25, -0.2) is 0 Å². The van der Waals surface area contributed by atoms with Crippen molar-refractivity contribution in [2.24, 2.45) is 16.7 Å². The fraction of sp³-hybridized carbons (Fsp3) is 0.857. The molecule has 0 aromatic rings. The number of nitrogens with one attached hydrogen (secondary N) is 1. The van der Waals surface area contributed by atoms with E-state index >= 15 is 0 Å². The Balaban J connectivity index is 2.18. The van der Waals surface area contributed by atoms with Crippen LogP contribution in [0.2, 0.25) is 0 Å². The first-order valence-corrected chi connectivity index (χ1v) is 6.64. The summed E-state index contributed by atoms with van der Waals surface area (Å²) in [6, 6.07) is -0.629. The number of rotatable bonds is 3. The van der Waals surface area contributed by atoms with Gasteiger partial charge in [0.05, 0.1) is 13.2 Å². The normalized spacial score (nSPS) is 38.8. The van der Waals surface area contributed by atoms with Crippen molar-refractivity contribution in [3.63, 3.8) is 0 Å². The molecule has 0 radical (unpaired) electrons. The zero-order valence-electron chi connectivity index (χ0n) is 11.9. The molecule has 2 rings (SSSR count). The first-order chi connectivity index (χ1) is 8.25. The fourth-order valence-corrected chi connectivity index (χ4v) is 3.79. The lowest BCUT2D eigenvalue weighted by molar-refractivity contribution is -0.143. The predicted molar refractivity (Wildman–Crippen MR) is 68.0 cm³/mol. The summed E-state index contributed by atoms with van der Waals surface area (Å²) in [5.74, 6) is 0.273. The average Bonchev–Trinajstić information content (AvgIpc) is 2.62. The lowest BCUT2D eigenvalue weighted by Crippen LogP contribution is -2.50. The minimum atomic E-state index is -0.428. The predicted octanol–water partition coefficient (Wildman–Crippen LogP) is 1.53. The van der Waals surface area contributed by atoms with Crippen LogP contribution in [0.5, 0.6) is 0 Å². The van der Waals surface area contributed by atoms with Crippen LogP contribution in [-0.4, -0.2) is 30.9 Å². The summed E-state index contributed by atoms with van der Waals surface area (Å²) < 4.78 is 4.70. The van der Waals surface area contributed by atoms with E-state index in [1.807, 2.05) is 0 Å². The van der Waals surface area contributed by atoms with Gasteiger partial charge < -0.3 is 4.74 Å². The van der Waals surface area contributed by atoms with E-state index in [9.17, 15) is 9.59 Å². The molecule has 0 aromatic heterocycles. The zero-order chi connectivity index (χ0) is 13.7. The summed E-state index contributed by atoms with van der Waals surface area (Å²) in [6.07, 6.45) is 2.02. The topological polar surface area (TPSA) is 55.4 Å². The molecular weight excluding hydrogens is 230 g/mol. The molecular formula is C14H23NO3. The molecule has 1 N–H and O–H groups in total. The number of carbonyl (C=O) groups is 2. The van der Waals surface area contributed by atoms with E-state index in [2.05, 4.69) is 26.1 Å². The number of carbonyl (C=O) groups excluding carboxylic acids is 2. The number of Topliss-reactive ketones (excluding diaryl/α,β-unsaturated/α-hetero) is 1. The van der Waals surface area contributed by atoms with Gasteiger partial charge in [0.1, 0.15) is 6.04 Å². The molecule has 0 amide bonds. The zero-order valence-corrected chi connectivity index (χ0v) is 11.9. The van der Waals surface area contributed by atoms with Crippen molar-refractivity contribution < 1.29 is 14.3 Å². The van der Waals surface area contributed by atoms with Crippen molar-refractivity contribution in [2.75, 3.05) is 7.11 Å². The lowest BCUT2D eigenvalue weighted by atomic mass is 9.70. The minimum Gasteiger partial charge on any atom is -0.468 e. The first-order valence-electron chi connectivity index (χ1n) is 6.64. The summed E-state index contributed by atoms with van der Waals surface area (Å²) in [7, 11) is 1.37. The van der Waals surface area contributed by atoms with Gasteiger partial charge in [-0.1, -0.05) is 20.8 Å². The Morgan fingerprint density at radius 1 is 1.44 bits per heavy atom. The van der Waals surface area contributed by atoms with Crippen LogP contribution in [0.3, 0.4) is 0 Å². The van der Waals surface area contributed by atoms with Crippen LogP contribution in [-0.2, 0) is 14.3 Å². The molecule has 0 spiro atoms. The number of hydrogen-bond donors (Lipinski definition) is 1. The van der Waals surface area contributed by atoms with Gasteiger partial charge in [0, 0.05) is 5.41 Å². The van der Waals surface area contributed by atoms with Crippen molar-refractivity contribution >= 4 is 11.8 Å². The van der Waals surface area contributed by atoms with Crippen molar-refractivity contribution in [3.8, 4) is 0 Å². The van der Waals surface area contributed by atoms with E-state index in [4.69, 9.17) is 4.74 Å². The van der Waals surface area contributed by atoms with Gasteiger partial charge in [0.25, 0.3) is 0 Å². The standard InChI is InChI=1S/C14H23NO3/c1-8(12(17)18-5)15-10-9-6-7-14(4,11(10)16)13(9,2)3/h8-10,15H,6-7H2,1-5H3. The highest BCUT2D eigenvalue weighted by atomic mass is 16.5. The van der Waals surface area contributed by atoms with Gasteiger partial charge in [-0.15, -0.1) is 0 Å². The van der Waals surface area contributed by atoms with Gasteiger partial charge in [-0.2, -0.15) is 0 Å². The third-order valence-electron chi connectivity index (χ3n) is 5.52. The summed E-state index contributed by atoms with van der Waals surface area (Å²) in [5.41, 5.74) is -0.233. The lowest BCUT2D eigenvalue weighted by Gasteiger charge is -2.32. The molecule has 0 aliphatic heterocycles. The van der Waals surface area contributed by atoms with Crippen LogP contribution >= 0.6 is 0 Å². The molecule has 2 fully saturated rings. The minimum absolute atomic E-state index is 0.0115. The van der Waals surface area contributed by atoms with E-state index in [0.717, 1.165) is 12.8 Å². The molecule has 2 aliphatic rings. The number of ketones is 1. The highest BCUT2D eigenvalue weighted by Crippen LogP contribution is 2.63. The van der Waals surface area contributed by atoms with Crippen molar-refractivity contribution in [3.05, 3.63) is 0 Å². The molecule has 102 valence electrons. The Morgan fingerprint density at radius 2 is 2.06 bits per heavy atom. The molecule has 0 heterocycles. The maximum absolute atomic E-state index is 12.5. The quantitative estimate of drug-likeness (QED) is 0.775. The van der Waals surface area contributed by atoms with Crippen LogP contribution in [0.25, 0.3) is 0 Å². The maximum atomic E-state index is 12.5. The van der Waals surface area contributed by atoms with Gasteiger partial charge in [0.2, 0.25) is 0 Å². The molecule has 18 heavy (non-hydrogen) atoms. The molecule has 2 bridgehead atoms. The van der Waals surface area contributed by atoms with Crippen molar-refractivity contribution in [2.45, 2.75) is 52.6 Å². The molecule has 4 heteroatoms. The second-order valence-corrected chi connectivity index (χ2v) is 6.45. The van der Waals surface area contributed by atoms with Gasteiger partial charge in [-0.3, -0.25) is 14.9 Å². The molecule has 4 atom stereocenters. The van der Waals surface area contributed by atoms with E-state index in [-0.39, 0.29) is 28.6 Å². The third-order valence-corrected chi connectivity index (χ3v) is 5.52. The molecule has 2 saturated carbocycles. The number of hydrogen-bond acceptors (Lipinski definition) is 4. The monoisotopic (exact) mass is 253 g/mol. The van der Waals surface area contributed by atoms with Crippen LogP contribution < -0.4 is 5.32 Å². The molecule has 4 nitrogen and oxygen atoms in total. The SMILES string of the molecule is COC(=O)C(C)NC1C(=O)C2(C)CCC1C2(C)C. The molecule has 2 aliphatic carbocycles.